The van der Waals surface area contributed by atoms with E-state index in [1.54, 1.807) is 12.1 Å². The molecule has 4 aromatic rings. The molecule has 2 aliphatic rings. The molecule has 1 aliphatic carbocycles. The molecule has 1 heterocycles. The molecule has 0 saturated heterocycles. The van der Waals surface area contributed by atoms with Crippen molar-refractivity contribution in [2.45, 2.75) is 187 Å². The van der Waals surface area contributed by atoms with Crippen LogP contribution in [-0.4, -0.2) is 36.8 Å². The largest absolute Gasteiger partial charge is 0.508 e. The van der Waals surface area contributed by atoms with Crippen molar-refractivity contribution in [1.82, 2.24) is 0 Å². The van der Waals surface area contributed by atoms with Gasteiger partial charge in [-0.1, -0.05) is 137 Å². The van der Waals surface area contributed by atoms with Crippen LogP contribution >= 0.6 is 8.38 Å². The first kappa shape index (κ1) is 48.2. The number of hydrogen-bond acceptors (Lipinski definition) is 8. The molecule has 0 fully saturated rings. The average Bonchev–Trinajstić information content (AvgIpc) is 3.25. The lowest BCUT2D eigenvalue weighted by atomic mass is 9.76. The fraction of sp³-hybridized carbons (Fsp3) is 0.556. The second-order valence-corrected chi connectivity index (χ2v) is 19.9. The summed E-state index contributed by atoms with van der Waals surface area (Å²) in [6.07, 6.45) is 19.4. The molecule has 0 radical (unpaired) electrons. The Kier molecular flexibility index (Phi) is 17.6. The highest BCUT2D eigenvalue weighted by Crippen LogP contribution is 2.56. The van der Waals surface area contributed by atoms with E-state index in [0.29, 0.717) is 70.3 Å². The summed E-state index contributed by atoms with van der Waals surface area (Å²) in [4.78, 5) is 0. The second-order valence-electron chi connectivity index (χ2n) is 18.3. The number of phenolic OH excluding ortho intramolecular Hbond substituents is 6. The number of aromatic hydroxyl groups is 6. The van der Waals surface area contributed by atoms with Gasteiger partial charge >= 0.3 is 0 Å². The van der Waals surface area contributed by atoms with Crippen molar-refractivity contribution in [2.24, 2.45) is 0 Å². The van der Waals surface area contributed by atoms with Crippen LogP contribution in [0.5, 0.6) is 46.0 Å². The topological polar surface area (TPSA) is 140 Å². The SMILES string of the molecule is CCCCCCC1c2cc(c(O)cc2O)C(CCCCCC)c2cc3c(cc2O)OP(CC)Oc2cc(O)c(cc2C3CCCCCC)C(CCCCCC)c2cc1c(O)cc2O. The Morgan fingerprint density at radius 2 is 0.587 bits per heavy atom. The number of hydrogen-bond donors (Lipinski definition) is 6. The third kappa shape index (κ3) is 11.3. The van der Waals surface area contributed by atoms with Crippen molar-refractivity contribution in [2.75, 3.05) is 6.16 Å². The van der Waals surface area contributed by atoms with E-state index in [4.69, 9.17) is 9.05 Å². The van der Waals surface area contributed by atoms with Crippen LogP contribution in [0.15, 0.2) is 48.5 Å². The zero-order chi connectivity index (χ0) is 45.0. The van der Waals surface area contributed by atoms with Gasteiger partial charge in [0.1, 0.15) is 46.0 Å². The Hall–Kier alpha value is -4.29. The minimum atomic E-state index is -1.50. The number of unbranched alkanes of at least 4 members (excludes halogenated alkanes) is 12. The molecule has 0 spiro atoms. The van der Waals surface area contributed by atoms with Crippen LogP contribution in [0.1, 0.15) is 231 Å². The third-order valence-corrected chi connectivity index (χ3v) is 15.0. The van der Waals surface area contributed by atoms with Crippen molar-refractivity contribution in [1.29, 1.82) is 0 Å². The molecule has 6 rings (SSSR count). The Morgan fingerprint density at radius 3 is 0.857 bits per heavy atom. The van der Waals surface area contributed by atoms with Crippen molar-refractivity contribution in [3.63, 3.8) is 0 Å². The number of benzene rings is 4. The maximum atomic E-state index is 12.2. The van der Waals surface area contributed by atoms with E-state index in [1.165, 1.54) is 12.1 Å². The highest BCUT2D eigenvalue weighted by molar-refractivity contribution is 7.48. The molecule has 0 saturated carbocycles. The van der Waals surface area contributed by atoms with E-state index in [9.17, 15) is 30.6 Å². The van der Waals surface area contributed by atoms with Gasteiger partial charge in [-0.05, 0) is 49.9 Å². The van der Waals surface area contributed by atoms with Gasteiger partial charge in [0, 0.05) is 98.6 Å². The van der Waals surface area contributed by atoms with Crippen LogP contribution in [0.4, 0.5) is 0 Å². The maximum Gasteiger partial charge on any atom is 0.290 e. The van der Waals surface area contributed by atoms with Crippen LogP contribution in [0.2, 0.25) is 0 Å². The third-order valence-electron chi connectivity index (χ3n) is 13.7. The second kappa shape index (κ2) is 23.1. The summed E-state index contributed by atoms with van der Waals surface area (Å²) in [5.74, 6) is -0.477. The van der Waals surface area contributed by atoms with E-state index in [1.807, 2.05) is 19.1 Å². The first-order chi connectivity index (χ1) is 30.5. The zero-order valence-corrected chi connectivity index (χ0v) is 39.6. The van der Waals surface area contributed by atoms with E-state index in [2.05, 4.69) is 39.8 Å². The van der Waals surface area contributed by atoms with Crippen LogP contribution < -0.4 is 9.05 Å². The molecule has 6 N–H and O–H groups in total. The predicted octanol–water partition coefficient (Wildman–Crippen LogP) is 15.7. The lowest BCUT2D eigenvalue weighted by Gasteiger charge is -2.33. The molecule has 8 bridgehead atoms. The number of phenols is 6. The van der Waals surface area contributed by atoms with Crippen LogP contribution in [0, 0.1) is 0 Å². The quantitative estimate of drug-likeness (QED) is 0.0359. The molecule has 8 nitrogen and oxygen atoms in total. The fourth-order valence-electron chi connectivity index (χ4n) is 10.2. The van der Waals surface area contributed by atoms with Crippen LogP contribution in [0.3, 0.4) is 0 Å². The van der Waals surface area contributed by atoms with Gasteiger partial charge in [0.25, 0.3) is 8.38 Å². The summed E-state index contributed by atoms with van der Waals surface area (Å²) in [5, 5.41) is 71.9. The van der Waals surface area contributed by atoms with E-state index < -0.39 is 26.1 Å². The van der Waals surface area contributed by atoms with Gasteiger partial charge in [-0.15, -0.1) is 0 Å². The fourth-order valence-corrected chi connectivity index (χ4v) is 11.2. The van der Waals surface area contributed by atoms with Gasteiger partial charge < -0.3 is 39.7 Å². The Labute approximate surface area is 378 Å². The molecule has 2 atom stereocenters. The van der Waals surface area contributed by atoms with Gasteiger partial charge in [-0.3, -0.25) is 0 Å². The Balaban J connectivity index is 1.72. The highest BCUT2D eigenvalue weighted by atomic mass is 31.2. The molecule has 2 unspecified atom stereocenters. The number of rotatable bonds is 21. The molecule has 0 aromatic heterocycles. The summed E-state index contributed by atoms with van der Waals surface area (Å²) in [6, 6.07) is 14.4. The summed E-state index contributed by atoms with van der Waals surface area (Å²) in [6.45, 7) is 10.8. The minimum absolute atomic E-state index is 0.0442. The molecule has 63 heavy (non-hydrogen) atoms. The van der Waals surface area contributed by atoms with Gasteiger partial charge in [0.15, 0.2) is 0 Å². The molecule has 1 aliphatic heterocycles. The highest BCUT2D eigenvalue weighted by Gasteiger charge is 2.35. The molecular formula is C54H75O8P. The number of fused-ring (bicyclic) bond motifs is 6. The molecule has 4 aromatic carbocycles. The first-order valence-electron chi connectivity index (χ1n) is 24.5. The predicted molar refractivity (Wildman–Crippen MR) is 257 cm³/mol. The maximum absolute atomic E-state index is 12.2. The van der Waals surface area contributed by atoms with Crippen molar-refractivity contribution in [3.8, 4) is 46.0 Å². The minimum Gasteiger partial charge on any atom is -0.508 e. The molecular weight excluding hydrogens is 808 g/mol. The zero-order valence-electron chi connectivity index (χ0n) is 38.7. The first-order valence-corrected chi connectivity index (χ1v) is 25.9. The van der Waals surface area contributed by atoms with Crippen molar-refractivity contribution < 1.29 is 39.7 Å². The van der Waals surface area contributed by atoms with Gasteiger partial charge in [0.05, 0.1) is 0 Å². The Morgan fingerprint density at radius 1 is 0.333 bits per heavy atom. The lowest BCUT2D eigenvalue weighted by molar-refractivity contribution is 0.421. The summed E-state index contributed by atoms with van der Waals surface area (Å²) < 4.78 is 13.4. The summed E-state index contributed by atoms with van der Waals surface area (Å²) in [5.41, 5.74) is 5.66. The van der Waals surface area contributed by atoms with Gasteiger partial charge in [-0.2, -0.15) is 0 Å². The van der Waals surface area contributed by atoms with Crippen LogP contribution in [0.25, 0.3) is 0 Å². The van der Waals surface area contributed by atoms with Crippen molar-refractivity contribution >= 4 is 8.38 Å². The smallest absolute Gasteiger partial charge is 0.290 e. The van der Waals surface area contributed by atoms with Crippen molar-refractivity contribution in [3.05, 3.63) is 93.0 Å². The Bertz CT molecular complexity index is 1980. The molecule has 344 valence electrons. The van der Waals surface area contributed by atoms with E-state index >= 15 is 0 Å². The average molecular weight is 883 g/mol. The molecule has 9 heteroatoms. The summed E-state index contributed by atoms with van der Waals surface area (Å²) >= 11 is 0. The van der Waals surface area contributed by atoms with Crippen LogP contribution in [-0.2, 0) is 0 Å². The normalized spacial score (nSPS) is 19.1. The van der Waals surface area contributed by atoms with Gasteiger partial charge in [-0.25, -0.2) is 0 Å². The van der Waals surface area contributed by atoms with E-state index in [0.717, 1.165) is 120 Å². The summed E-state index contributed by atoms with van der Waals surface area (Å²) in [7, 11) is -1.50. The molecule has 0 amide bonds. The van der Waals surface area contributed by atoms with Gasteiger partial charge in [0.2, 0.25) is 0 Å². The van der Waals surface area contributed by atoms with E-state index in [-0.39, 0.29) is 40.4 Å². The lowest BCUT2D eigenvalue weighted by Crippen LogP contribution is -2.14. The standard InChI is InChI=1S/C54H75O8P/c1-6-11-15-19-23-35-39-27-41(49(57)31-47(39)55)36(24-20-16-12-7-2)43-29-45-38(26-22-18-14-9-4)46-30-44(52(60)34-54(46)62-63(10-5)61-53(45)33-51(43)59)37(25-21-17-13-8-3)42-28-40(35)48(56)32-50(42)58/h27-38,55-60H,6-26H2,1-5H3. The monoisotopic (exact) mass is 883 g/mol.